The first-order chi connectivity index (χ1) is 9.76. The van der Waals surface area contributed by atoms with Crippen LogP contribution in [0.25, 0.3) is 16.6 Å². The van der Waals surface area contributed by atoms with Gasteiger partial charge in [0.1, 0.15) is 11.6 Å². The number of rotatable bonds is 3. The molecule has 2 heterocycles. The Morgan fingerprint density at radius 1 is 1.35 bits per heavy atom. The summed E-state index contributed by atoms with van der Waals surface area (Å²) >= 11 is 0. The summed E-state index contributed by atoms with van der Waals surface area (Å²) in [6, 6.07) is 7.24. The van der Waals surface area contributed by atoms with Gasteiger partial charge in [-0.3, -0.25) is 0 Å². The summed E-state index contributed by atoms with van der Waals surface area (Å²) in [4.78, 5) is 16.5. The largest absolute Gasteiger partial charge is 0.360 e. The van der Waals surface area contributed by atoms with Gasteiger partial charge in [0.2, 0.25) is 5.82 Å². The number of benzene rings is 1. The van der Waals surface area contributed by atoms with E-state index in [-0.39, 0.29) is 17.1 Å². The predicted molar refractivity (Wildman–Crippen MR) is 70.3 cm³/mol. The van der Waals surface area contributed by atoms with Crippen LogP contribution < -0.4 is 11.0 Å². The highest BCUT2D eigenvalue weighted by Crippen LogP contribution is 2.15. The second kappa shape index (κ2) is 4.69. The molecule has 3 aromatic rings. The topological polar surface area (TPSA) is 139 Å². The first-order valence-corrected chi connectivity index (χ1v) is 5.59. The zero-order valence-electron chi connectivity index (χ0n) is 10.0. The second-order valence-electron chi connectivity index (χ2n) is 3.89. The van der Waals surface area contributed by atoms with Crippen molar-refractivity contribution in [3.05, 3.63) is 40.7 Å². The molecule has 0 aliphatic rings. The van der Waals surface area contributed by atoms with Crippen LogP contribution in [0.4, 0.5) is 5.69 Å². The van der Waals surface area contributed by atoms with Gasteiger partial charge in [0.05, 0.1) is 11.0 Å². The Morgan fingerprint density at radius 3 is 2.95 bits per heavy atom. The number of nitrogens with zero attached hydrogens (tertiary/aromatic N) is 4. The number of imidazole rings is 1. The number of anilines is 1. The highest BCUT2D eigenvalue weighted by Gasteiger charge is 2.05. The molecule has 98 valence electrons. The maximum atomic E-state index is 11.2. The van der Waals surface area contributed by atoms with Crippen LogP contribution in [0.2, 0.25) is 0 Å². The number of nitrogens with one attached hydrogen (secondary N) is 4. The molecule has 0 bridgehead atoms. The molecule has 0 radical (unpaired) electrons. The van der Waals surface area contributed by atoms with E-state index in [1.807, 2.05) is 6.07 Å². The molecule has 20 heavy (non-hydrogen) atoms. The Bertz CT molecular complexity index is 864. The number of aromatic amines is 3. The molecule has 3 rings (SSSR count). The fourth-order valence-corrected chi connectivity index (χ4v) is 1.70. The number of hydrogen-bond donors (Lipinski definition) is 4. The van der Waals surface area contributed by atoms with E-state index in [9.17, 15) is 4.79 Å². The number of tetrazole rings is 1. The summed E-state index contributed by atoms with van der Waals surface area (Å²) in [6.45, 7) is 0. The molecule has 9 heteroatoms. The minimum Gasteiger partial charge on any atom is -0.360 e. The van der Waals surface area contributed by atoms with Gasteiger partial charge in [0, 0.05) is 11.9 Å². The van der Waals surface area contributed by atoms with Gasteiger partial charge in [-0.1, -0.05) is 0 Å². The molecule has 0 saturated heterocycles. The van der Waals surface area contributed by atoms with Crippen LogP contribution in [-0.2, 0) is 0 Å². The lowest BCUT2D eigenvalue weighted by atomic mass is 10.2. The van der Waals surface area contributed by atoms with Crippen LogP contribution in [0.3, 0.4) is 0 Å². The van der Waals surface area contributed by atoms with Crippen LogP contribution in [0, 0.1) is 11.3 Å². The molecule has 0 amide bonds. The second-order valence-corrected chi connectivity index (χ2v) is 3.89. The third kappa shape index (κ3) is 2.13. The van der Waals surface area contributed by atoms with Gasteiger partial charge < -0.3 is 15.3 Å². The fourth-order valence-electron chi connectivity index (χ4n) is 1.70. The highest BCUT2D eigenvalue weighted by molar-refractivity contribution is 5.80. The zero-order valence-corrected chi connectivity index (χ0v) is 10.0. The molecule has 0 atom stereocenters. The molecule has 0 aliphatic carbocycles. The van der Waals surface area contributed by atoms with E-state index in [4.69, 9.17) is 5.26 Å². The maximum absolute atomic E-state index is 11.2. The van der Waals surface area contributed by atoms with Crippen molar-refractivity contribution in [1.29, 1.82) is 5.26 Å². The monoisotopic (exact) mass is 268 g/mol. The van der Waals surface area contributed by atoms with E-state index in [1.165, 1.54) is 6.20 Å². The fraction of sp³-hybridized carbons (Fsp3) is 0. The molecular weight excluding hydrogens is 260 g/mol. The lowest BCUT2D eigenvalue weighted by Crippen LogP contribution is -1.99. The van der Waals surface area contributed by atoms with Crippen molar-refractivity contribution < 1.29 is 0 Å². The Morgan fingerprint density at radius 2 is 2.20 bits per heavy atom. The summed E-state index contributed by atoms with van der Waals surface area (Å²) in [7, 11) is 0. The number of nitriles is 1. The molecule has 0 spiro atoms. The number of fused-ring (bicyclic) bond motifs is 1. The average molecular weight is 268 g/mol. The zero-order chi connectivity index (χ0) is 13.9. The van der Waals surface area contributed by atoms with Crippen LogP contribution in [0.1, 0.15) is 5.82 Å². The smallest absolute Gasteiger partial charge is 0.323 e. The lowest BCUT2D eigenvalue weighted by molar-refractivity contribution is 0.881. The first kappa shape index (κ1) is 11.7. The Balaban J connectivity index is 1.89. The molecule has 0 unspecified atom stereocenters. The molecule has 0 aliphatic heterocycles. The van der Waals surface area contributed by atoms with Crippen LogP contribution >= 0.6 is 0 Å². The Kier molecular flexibility index (Phi) is 2.74. The molecule has 2 aromatic heterocycles. The van der Waals surface area contributed by atoms with Crippen molar-refractivity contribution in [3.63, 3.8) is 0 Å². The predicted octanol–water partition coefficient (Wildman–Crippen LogP) is 0.346. The minimum absolute atomic E-state index is 0.205. The quantitative estimate of drug-likeness (QED) is 0.505. The van der Waals surface area contributed by atoms with Crippen LogP contribution in [0.15, 0.2) is 29.2 Å². The van der Waals surface area contributed by atoms with Crippen molar-refractivity contribution >= 4 is 22.3 Å². The SMILES string of the molecule is N#CC(=CNc1ccc2[nH]c(=O)[nH]c2c1)c1nn[nH]n1. The summed E-state index contributed by atoms with van der Waals surface area (Å²) in [6.07, 6.45) is 1.47. The minimum atomic E-state index is -0.266. The average Bonchev–Trinajstić information content (AvgIpc) is 3.07. The highest BCUT2D eigenvalue weighted by atomic mass is 16.1. The van der Waals surface area contributed by atoms with Gasteiger partial charge in [-0.05, 0) is 23.4 Å². The number of aromatic nitrogens is 6. The van der Waals surface area contributed by atoms with Crippen LogP contribution in [0.5, 0.6) is 0 Å². The van der Waals surface area contributed by atoms with Crippen molar-refractivity contribution in [2.75, 3.05) is 5.32 Å². The van der Waals surface area contributed by atoms with Gasteiger partial charge in [0.25, 0.3) is 0 Å². The van der Waals surface area contributed by atoms with Crippen molar-refractivity contribution in [2.45, 2.75) is 0 Å². The van der Waals surface area contributed by atoms with Gasteiger partial charge in [-0.15, -0.1) is 10.2 Å². The molecule has 4 N–H and O–H groups in total. The Hall–Kier alpha value is -3.41. The molecule has 1 aromatic carbocycles. The lowest BCUT2D eigenvalue weighted by Gasteiger charge is -2.00. The first-order valence-electron chi connectivity index (χ1n) is 5.59. The van der Waals surface area contributed by atoms with Crippen molar-refractivity contribution in [2.24, 2.45) is 0 Å². The third-order valence-electron chi connectivity index (χ3n) is 2.61. The van der Waals surface area contributed by atoms with Gasteiger partial charge in [-0.25, -0.2) is 4.79 Å². The number of H-pyrrole nitrogens is 3. The van der Waals surface area contributed by atoms with Gasteiger partial charge in [0.15, 0.2) is 0 Å². The van der Waals surface area contributed by atoms with Crippen LogP contribution in [-0.4, -0.2) is 30.6 Å². The summed E-state index contributed by atoms with van der Waals surface area (Å²) in [5.74, 6) is 0.205. The molecule has 0 fully saturated rings. The molecular formula is C11H8N8O. The van der Waals surface area contributed by atoms with Gasteiger partial charge >= 0.3 is 5.69 Å². The number of allylic oxidation sites excluding steroid dienone is 1. The van der Waals surface area contributed by atoms with Gasteiger partial charge in [-0.2, -0.15) is 10.5 Å². The van der Waals surface area contributed by atoms with E-state index in [1.54, 1.807) is 18.2 Å². The summed E-state index contributed by atoms with van der Waals surface area (Å²) in [5.41, 5.74) is 2.07. The molecule has 9 nitrogen and oxygen atoms in total. The van der Waals surface area contributed by atoms with Crippen molar-refractivity contribution in [1.82, 2.24) is 30.6 Å². The maximum Gasteiger partial charge on any atom is 0.323 e. The van der Waals surface area contributed by atoms with E-state index >= 15 is 0 Å². The third-order valence-corrected chi connectivity index (χ3v) is 2.61. The summed E-state index contributed by atoms with van der Waals surface area (Å²) < 4.78 is 0. The van der Waals surface area contributed by atoms with E-state index < -0.39 is 0 Å². The van der Waals surface area contributed by atoms with E-state index in [0.717, 1.165) is 0 Å². The number of hydrogen-bond acceptors (Lipinski definition) is 6. The van der Waals surface area contributed by atoms with Crippen molar-refractivity contribution in [3.8, 4) is 6.07 Å². The van der Waals surface area contributed by atoms with E-state index in [2.05, 4.69) is 35.9 Å². The Labute approximate surface area is 111 Å². The summed E-state index contributed by atoms with van der Waals surface area (Å²) in [5, 5.41) is 25.1. The standard InChI is InChI=1S/C11H8N8O/c12-4-6(10-16-18-19-17-10)5-13-7-1-2-8-9(3-7)15-11(20)14-8/h1-3,5,13H,(H2,14,15,20)(H,16,17,18,19). The molecule has 0 saturated carbocycles. The normalized spacial score (nSPS) is 11.4. The van der Waals surface area contributed by atoms with E-state index in [0.29, 0.717) is 16.7 Å².